The molecule has 0 aromatic rings. The SMILES string of the molecule is CCC1C2CC3=C(CCC4=C3C=CN=CCC41CC)N2C. The summed E-state index contributed by atoms with van der Waals surface area (Å²) < 4.78 is 0. The average Bonchev–Trinajstić information content (AvgIpc) is 2.76. The van der Waals surface area contributed by atoms with E-state index in [1.54, 1.807) is 22.4 Å². The van der Waals surface area contributed by atoms with Crippen LogP contribution in [0.15, 0.2) is 39.7 Å². The molecular formula is C19H26N2. The molecule has 0 radical (unpaired) electrons. The molecule has 0 saturated heterocycles. The Bertz CT molecular complexity index is 593. The normalized spacial score (nSPS) is 37.2. The standard InChI is InChI=1S/C19H26N2/c1-4-15-18-12-14-13-8-10-20-11-9-19(15,5-2)16(13)6-7-17(14)21(18)3/h8,10-11,15,18H,4-7,9,12H2,1-3H3. The topological polar surface area (TPSA) is 15.6 Å². The minimum Gasteiger partial charge on any atom is -0.374 e. The van der Waals surface area contributed by atoms with Gasteiger partial charge in [-0.2, -0.15) is 0 Å². The van der Waals surface area contributed by atoms with Crippen LogP contribution in [0.5, 0.6) is 0 Å². The minimum atomic E-state index is 0.338. The Morgan fingerprint density at radius 3 is 2.95 bits per heavy atom. The maximum Gasteiger partial charge on any atom is 0.0361 e. The van der Waals surface area contributed by atoms with Crippen molar-refractivity contribution in [2.45, 2.75) is 58.4 Å². The van der Waals surface area contributed by atoms with E-state index in [9.17, 15) is 0 Å². The molecule has 4 rings (SSSR count). The molecule has 21 heavy (non-hydrogen) atoms. The number of allylic oxidation sites excluding steroid dienone is 4. The molecule has 3 unspecified atom stereocenters. The summed E-state index contributed by atoms with van der Waals surface area (Å²) >= 11 is 0. The van der Waals surface area contributed by atoms with E-state index in [1.807, 2.05) is 6.20 Å². The summed E-state index contributed by atoms with van der Waals surface area (Å²) in [4.78, 5) is 7.16. The molecule has 5 bridgehead atoms. The van der Waals surface area contributed by atoms with Crippen molar-refractivity contribution in [2.75, 3.05) is 7.05 Å². The van der Waals surface area contributed by atoms with E-state index in [1.165, 1.54) is 32.1 Å². The molecule has 0 fully saturated rings. The van der Waals surface area contributed by atoms with Crippen molar-refractivity contribution in [2.24, 2.45) is 16.3 Å². The molecule has 0 N–H and O–H groups in total. The molecule has 112 valence electrons. The summed E-state index contributed by atoms with van der Waals surface area (Å²) in [5.41, 5.74) is 6.92. The molecular weight excluding hydrogens is 256 g/mol. The van der Waals surface area contributed by atoms with Gasteiger partial charge in [0.05, 0.1) is 0 Å². The zero-order chi connectivity index (χ0) is 14.6. The lowest BCUT2D eigenvalue weighted by Gasteiger charge is -2.49. The summed E-state index contributed by atoms with van der Waals surface area (Å²) in [6, 6.07) is 0.702. The highest BCUT2D eigenvalue weighted by Gasteiger charge is 2.52. The van der Waals surface area contributed by atoms with Crippen LogP contribution in [0.25, 0.3) is 0 Å². The molecule has 2 heteroatoms. The Balaban J connectivity index is 2.02. The van der Waals surface area contributed by atoms with Crippen LogP contribution in [0.4, 0.5) is 0 Å². The predicted molar refractivity (Wildman–Crippen MR) is 88.2 cm³/mol. The number of fused-ring (bicyclic) bond motifs is 1. The molecule has 0 spiro atoms. The van der Waals surface area contributed by atoms with Gasteiger partial charge in [-0.3, -0.25) is 4.99 Å². The predicted octanol–water partition coefficient (Wildman–Crippen LogP) is 4.46. The van der Waals surface area contributed by atoms with E-state index in [-0.39, 0.29) is 0 Å². The van der Waals surface area contributed by atoms with Gasteiger partial charge in [-0.05, 0) is 55.2 Å². The van der Waals surface area contributed by atoms with Crippen LogP contribution in [0, 0.1) is 11.3 Å². The first-order chi connectivity index (χ1) is 10.2. The van der Waals surface area contributed by atoms with Crippen molar-refractivity contribution < 1.29 is 0 Å². The largest absolute Gasteiger partial charge is 0.374 e. The van der Waals surface area contributed by atoms with E-state index in [0.717, 1.165) is 12.3 Å². The number of aliphatic imine (C=N–C) groups is 1. The second-order valence-electron chi connectivity index (χ2n) is 7.08. The van der Waals surface area contributed by atoms with Gasteiger partial charge >= 0.3 is 0 Å². The molecule has 4 aliphatic rings. The van der Waals surface area contributed by atoms with Crippen molar-refractivity contribution in [3.8, 4) is 0 Å². The van der Waals surface area contributed by atoms with Gasteiger partial charge in [0.1, 0.15) is 0 Å². The van der Waals surface area contributed by atoms with Crippen LogP contribution in [-0.4, -0.2) is 24.2 Å². The Morgan fingerprint density at radius 2 is 2.19 bits per heavy atom. The van der Waals surface area contributed by atoms with E-state index >= 15 is 0 Å². The fraction of sp³-hybridized carbons (Fsp3) is 0.632. The molecule has 0 aromatic heterocycles. The third-order valence-corrected chi connectivity index (χ3v) is 6.68. The molecule has 0 saturated carbocycles. The van der Waals surface area contributed by atoms with Gasteiger partial charge in [-0.1, -0.05) is 25.8 Å². The third kappa shape index (κ3) is 1.56. The average molecular weight is 282 g/mol. The van der Waals surface area contributed by atoms with Crippen LogP contribution in [0.3, 0.4) is 0 Å². The Hall–Kier alpha value is -1.31. The molecule has 2 aliphatic carbocycles. The first-order valence-corrected chi connectivity index (χ1v) is 8.60. The van der Waals surface area contributed by atoms with Crippen molar-refractivity contribution >= 4 is 6.21 Å². The molecule has 2 aliphatic heterocycles. The first-order valence-electron chi connectivity index (χ1n) is 8.60. The van der Waals surface area contributed by atoms with Crippen LogP contribution >= 0.6 is 0 Å². The van der Waals surface area contributed by atoms with Crippen molar-refractivity contribution in [1.82, 2.24) is 4.90 Å². The lowest BCUT2D eigenvalue weighted by atomic mass is 9.60. The molecule has 3 atom stereocenters. The van der Waals surface area contributed by atoms with E-state index in [2.05, 4.69) is 43.1 Å². The van der Waals surface area contributed by atoms with Crippen molar-refractivity contribution in [1.29, 1.82) is 0 Å². The smallest absolute Gasteiger partial charge is 0.0361 e. The lowest BCUT2D eigenvalue weighted by molar-refractivity contribution is 0.0973. The zero-order valence-electron chi connectivity index (χ0n) is 13.5. The minimum absolute atomic E-state index is 0.338. The Labute approximate surface area is 128 Å². The summed E-state index contributed by atoms with van der Waals surface area (Å²) in [6.45, 7) is 4.79. The highest BCUT2D eigenvalue weighted by molar-refractivity contribution is 5.65. The van der Waals surface area contributed by atoms with Gasteiger partial charge in [0.15, 0.2) is 0 Å². The fourth-order valence-corrected chi connectivity index (χ4v) is 5.70. The fourth-order valence-electron chi connectivity index (χ4n) is 5.70. The van der Waals surface area contributed by atoms with Crippen LogP contribution in [0.1, 0.15) is 52.4 Å². The highest BCUT2D eigenvalue weighted by atomic mass is 15.2. The molecule has 0 amide bonds. The van der Waals surface area contributed by atoms with Crippen molar-refractivity contribution in [3.05, 3.63) is 34.7 Å². The Morgan fingerprint density at radius 1 is 1.33 bits per heavy atom. The van der Waals surface area contributed by atoms with Crippen LogP contribution in [0.2, 0.25) is 0 Å². The maximum atomic E-state index is 4.53. The third-order valence-electron chi connectivity index (χ3n) is 6.68. The van der Waals surface area contributed by atoms with Crippen molar-refractivity contribution in [3.63, 3.8) is 0 Å². The second kappa shape index (κ2) is 4.59. The second-order valence-corrected chi connectivity index (χ2v) is 7.08. The molecule has 0 aromatic carbocycles. The van der Waals surface area contributed by atoms with E-state index < -0.39 is 0 Å². The van der Waals surface area contributed by atoms with Crippen LogP contribution < -0.4 is 0 Å². The quantitative estimate of drug-likeness (QED) is 0.730. The lowest BCUT2D eigenvalue weighted by Crippen LogP contribution is -2.46. The first kappa shape index (κ1) is 13.4. The number of rotatable bonds is 2. The van der Waals surface area contributed by atoms with Gasteiger partial charge in [0.25, 0.3) is 0 Å². The van der Waals surface area contributed by atoms with E-state index in [0.29, 0.717) is 11.5 Å². The summed E-state index contributed by atoms with van der Waals surface area (Å²) in [6.07, 6.45) is 13.9. The summed E-state index contributed by atoms with van der Waals surface area (Å²) in [5.74, 6) is 0.755. The van der Waals surface area contributed by atoms with E-state index in [4.69, 9.17) is 0 Å². The monoisotopic (exact) mass is 282 g/mol. The number of nitrogens with zero attached hydrogens (tertiary/aromatic N) is 2. The summed E-state index contributed by atoms with van der Waals surface area (Å²) in [7, 11) is 2.34. The Kier molecular flexibility index (Phi) is 2.92. The molecule has 2 heterocycles. The molecule has 2 nitrogen and oxygen atoms in total. The zero-order valence-corrected chi connectivity index (χ0v) is 13.5. The summed E-state index contributed by atoms with van der Waals surface area (Å²) in [5, 5.41) is 0. The van der Waals surface area contributed by atoms with Gasteiger partial charge < -0.3 is 4.90 Å². The number of hydrogen-bond acceptors (Lipinski definition) is 2. The number of hydrogen-bond donors (Lipinski definition) is 0. The van der Waals surface area contributed by atoms with Crippen LogP contribution in [-0.2, 0) is 0 Å². The van der Waals surface area contributed by atoms with Gasteiger partial charge in [0.2, 0.25) is 0 Å². The highest BCUT2D eigenvalue weighted by Crippen LogP contribution is 2.59. The van der Waals surface area contributed by atoms with Gasteiger partial charge in [0, 0.05) is 36.6 Å². The van der Waals surface area contributed by atoms with Gasteiger partial charge in [-0.15, -0.1) is 0 Å². The maximum absolute atomic E-state index is 4.53. The van der Waals surface area contributed by atoms with Gasteiger partial charge in [-0.25, -0.2) is 0 Å². The number of likely N-dealkylation sites (tertiary alicyclic amines) is 1.